The summed E-state index contributed by atoms with van der Waals surface area (Å²) in [5.41, 5.74) is 1.88. The summed E-state index contributed by atoms with van der Waals surface area (Å²) in [4.78, 5) is 22.1. The van der Waals surface area contributed by atoms with Crippen molar-refractivity contribution in [2.24, 2.45) is 5.92 Å². The zero-order valence-corrected chi connectivity index (χ0v) is 18.3. The van der Waals surface area contributed by atoms with Gasteiger partial charge in [-0.25, -0.2) is 14.6 Å². The van der Waals surface area contributed by atoms with Crippen molar-refractivity contribution >= 4 is 22.8 Å². The highest BCUT2D eigenvalue weighted by atomic mass is 16.2. The minimum absolute atomic E-state index is 0.266. The summed E-state index contributed by atoms with van der Waals surface area (Å²) in [7, 11) is 0. The molecule has 0 saturated heterocycles. The molecule has 0 spiro atoms. The monoisotopic (exact) mass is 430 g/mol. The van der Waals surface area contributed by atoms with Gasteiger partial charge in [-0.3, -0.25) is 4.79 Å². The standard InChI is InChI=1S/C25H30N6O/c32-25(17-5-4-6-17)28-19-13-11-18(12-14-19)27-23-21-15-26-31(20-7-2-1-3-8-20)24(21)30-22(29-23)16-9-10-16/h1-3,7-8,15-19H,4-6,9-14H2,(H,28,32)(H,27,29,30). The molecule has 3 saturated carbocycles. The maximum atomic E-state index is 12.3. The Balaban J connectivity index is 1.20. The van der Waals surface area contributed by atoms with Gasteiger partial charge < -0.3 is 10.6 Å². The van der Waals surface area contributed by atoms with E-state index in [9.17, 15) is 4.79 Å². The molecule has 0 unspecified atom stereocenters. The fraction of sp³-hybridized carbons (Fsp3) is 0.520. The molecule has 1 amide bonds. The van der Waals surface area contributed by atoms with E-state index < -0.39 is 0 Å². The van der Waals surface area contributed by atoms with Crippen LogP contribution in [0.15, 0.2) is 36.5 Å². The first-order valence-electron chi connectivity index (χ1n) is 12.1. The SMILES string of the molecule is O=C(NC1CCC(Nc2nc(C3CC3)nc3c2cnn3-c2ccccc2)CC1)C1CCC1. The number of fused-ring (bicyclic) bond motifs is 1. The van der Waals surface area contributed by atoms with Crippen LogP contribution in [0.25, 0.3) is 16.7 Å². The molecule has 7 nitrogen and oxygen atoms in total. The summed E-state index contributed by atoms with van der Waals surface area (Å²) in [5, 5.41) is 12.6. The zero-order valence-electron chi connectivity index (χ0n) is 18.3. The van der Waals surface area contributed by atoms with Crippen molar-refractivity contribution in [2.45, 2.75) is 75.8 Å². The quantitative estimate of drug-likeness (QED) is 0.608. The maximum absolute atomic E-state index is 12.3. The van der Waals surface area contributed by atoms with Crippen LogP contribution in [0.4, 0.5) is 5.82 Å². The second-order valence-corrected chi connectivity index (χ2v) is 9.66. The van der Waals surface area contributed by atoms with Crippen molar-refractivity contribution in [3.63, 3.8) is 0 Å². The van der Waals surface area contributed by atoms with Crippen molar-refractivity contribution in [1.29, 1.82) is 0 Å². The van der Waals surface area contributed by atoms with Crippen LogP contribution in [0.1, 0.15) is 69.5 Å². The van der Waals surface area contributed by atoms with Gasteiger partial charge in [0.25, 0.3) is 0 Å². The zero-order chi connectivity index (χ0) is 21.5. The Morgan fingerprint density at radius 1 is 0.906 bits per heavy atom. The molecule has 0 aliphatic heterocycles. The third-order valence-corrected chi connectivity index (χ3v) is 7.28. The van der Waals surface area contributed by atoms with Crippen LogP contribution in [0.5, 0.6) is 0 Å². The molecule has 7 heteroatoms. The summed E-state index contributed by atoms with van der Waals surface area (Å²) < 4.78 is 1.92. The maximum Gasteiger partial charge on any atom is 0.223 e. The summed E-state index contributed by atoms with van der Waals surface area (Å²) in [6.07, 6.45) is 11.6. The van der Waals surface area contributed by atoms with Crippen LogP contribution in [0.2, 0.25) is 0 Å². The van der Waals surface area contributed by atoms with Crippen LogP contribution in [0.3, 0.4) is 0 Å². The van der Waals surface area contributed by atoms with Crippen LogP contribution < -0.4 is 10.6 Å². The van der Waals surface area contributed by atoms with E-state index in [0.29, 0.717) is 18.0 Å². The highest BCUT2D eigenvalue weighted by Crippen LogP contribution is 2.40. The minimum Gasteiger partial charge on any atom is -0.367 e. The van der Waals surface area contributed by atoms with Crippen molar-refractivity contribution in [3.05, 3.63) is 42.4 Å². The van der Waals surface area contributed by atoms with E-state index in [1.807, 2.05) is 29.1 Å². The van der Waals surface area contributed by atoms with E-state index >= 15 is 0 Å². The number of rotatable bonds is 6. The molecule has 3 aliphatic rings. The van der Waals surface area contributed by atoms with E-state index in [4.69, 9.17) is 9.97 Å². The van der Waals surface area contributed by atoms with Crippen LogP contribution in [-0.4, -0.2) is 37.7 Å². The smallest absolute Gasteiger partial charge is 0.223 e. The molecule has 166 valence electrons. The number of hydrogen-bond donors (Lipinski definition) is 2. The molecule has 3 fully saturated rings. The van der Waals surface area contributed by atoms with Gasteiger partial charge in [-0.2, -0.15) is 5.10 Å². The fourth-order valence-electron chi connectivity index (χ4n) is 4.88. The van der Waals surface area contributed by atoms with Crippen LogP contribution in [-0.2, 0) is 4.79 Å². The van der Waals surface area contributed by atoms with Gasteiger partial charge in [-0.05, 0) is 63.5 Å². The summed E-state index contributed by atoms with van der Waals surface area (Å²) in [6, 6.07) is 10.8. The van der Waals surface area contributed by atoms with Crippen molar-refractivity contribution in [2.75, 3.05) is 5.32 Å². The molecule has 3 aliphatic carbocycles. The van der Waals surface area contributed by atoms with E-state index in [1.165, 1.54) is 6.42 Å². The van der Waals surface area contributed by atoms with Gasteiger partial charge in [0.15, 0.2) is 5.65 Å². The van der Waals surface area contributed by atoms with Gasteiger partial charge in [-0.1, -0.05) is 24.6 Å². The van der Waals surface area contributed by atoms with E-state index in [-0.39, 0.29) is 11.8 Å². The number of benzene rings is 1. The number of para-hydroxylation sites is 1. The Morgan fingerprint density at radius 3 is 2.34 bits per heavy atom. The highest BCUT2D eigenvalue weighted by Gasteiger charge is 2.31. The van der Waals surface area contributed by atoms with Gasteiger partial charge in [0.05, 0.1) is 17.3 Å². The summed E-state index contributed by atoms with van der Waals surface area (Å²) >= 11 is 0. The molecule has 0 bridgehead atoms. The van der Waals surface area contributed by atoms with Gasteiger partial charge in [-0.15, -0.1) is 0 Å². The number of anilines is 1. The summed E-state index contributed by atoms with van der Waals surface area (Å²) in [5.74, 6) is 2.84. The molecule has 1 aromatic carbocycles. The number of carbonyl (C=O) groups is 1. The first-order valence-corrected chi connectivity index (χ1v) is 12.1. The number of carbonyl (C=O) groups excluding carboxylic acids is 1. The molecule has 2 N–H and O–H groups in total. The Morgan fingerprint density at radius 2 is 1.66 bits per heavy atom. The average Bonchev–Trinajstić information content (AvgIpc) is 3.53. The number of amides is 1. The predicted octanol–water partition coefficient (Wildman–Crippen LogP) is 4.33. The van der Waals surface area contributed by atoms with Gasteiger partial charge >= 0.3 is 0 Å². The Bertz CT molecular complexity index is 1110. The fourth-order valence-corrected chi connectivity index (χ4v) is 4.88. The lowest BCUT2D eigenvalue weighted by Gasteiger charge is -2.32. The molecule has 3 aromatic rings. The topological polar surface area (TPSA) is 84.7 Å². The Hall–Kier alpha value is -2.96. The van der Waals surface area contributed by atoms with Crippen molar-refractivity contribution in [1.82, 2.24) is 25.1 Å². The first kappa shape index (κ1) is 19.7. The van der Waals surface area contributed by atoms with E-state index in [1.54, 1.807) is 0 Å². The molecule has 2 heterocycles. The predicted molar refractivity (Wildman–Crippen MR) is 124 cm³/mol. The van der Waals surface area contributed by atoms with Crippen molar-refractivity contribution in [3.8, 4) is 5.69 Å². The normalized spacial score (nSPS) is 23.6. The lowest BCUT2D eigenvalue weighted by atomic mass is 9.84. The van der Waals surface area contributed by atoms with Gasteiger partial charge in [0.2, 0.25) is 5.91 Å². The first-order chi connectivity index (χ1) is 15.7. The lowest BCUT2D eigenvalue weighted by molar-refractivity contribution is -0.128. The molecule has 32 heavy (non-hydrogen) atoms. The van der Waals surface area contributed by atoms with Crippen LogP contribution >= 0.6 is 0 Å². The third-order valence-electron chi connectivity index (χ3n) is 7.28. The molecule has 2 aromatic heterocycles. The highest BCUT2D eigenvalue weighted by molar-refractivity contribution is 5.87. The summed E-state index contributed by atoms with van der Waals surface area (Å²) in [6.45, 7) is 0. The number of nitrogens with zero attached hydrogens (tertiary/aromatic N) is 4. The molecular formula is C25H30N6O. The largest absolute Gasteiger partial charge is 0.367 e. The number of aromatic nitrogens is 4. The minimum atomic E-state index is 0.266. The second kappa shape index (κ2) is 8.19. The molecule has 6 rings (SSSR count). The average molecular weight is 431 g/mol. The Kier molecular flexibility index (Phi) is 5.04. The third kappa shape index (κ3) is 3.85. The number of nitrogens with one attached hydrogen (secondary N) is 2. The van der Waals surface area contributed by atoms with Gasteiger partial charge in [0, 0.05) is 23.9 Å². The van der Waals surface area contributed by atoms with Crippen LogP contribution in [0, 0.1) is 5.92 Å². The molecule has 0 atom stereocenters. The molecule has 0 radical (unpaired) electrons. The van der Waals surface area contributed by atoms with E-state index in [0.717, 1.165) is 79.7 Å². The van der Waals surface area contributed by atoms with E-state index in [2.05, 4.69) is 27.9 Å². The number of hydrogen-bond acceptors (Lipinski definition) is 5. The second-order valence-electron chi connectivity index (χ2n) is 9.66. The molecular weight excluding hydrogens is 400 g/mol. The van der Waals surface area contributed by atoms with Crippen molar-refractivity contribution < 1.29 is 4.79 Å². The lowest BCUT2D eigenvalue weighted by Crippen LogP contribution is -2.44. The Labute approximate surface area is 188 Å². The van der Waals surface area contributed by atoms with Gasteiger partial charge in [0.1, 0.15) is 11.6 Å².